The molecule has 2 rings (SSSR count). The van der Waals surface area contributed by atoms with Gasteiger partial charge in [0.25, 0.3) is 0 Å². The van der Waals surface area contributed by atoms with Crippen LogP contribution in [0.4, 0.5) is 0 Å². The van der Waals surface area contributed by atoms with Crippen LogP contribution in [-0.2, 0) is 22.4 Å². The molecule has 0 bridgehead atoms. The SMILES string of the molecule is CCC.CCC.CCCC(CC1CC(=O)c2c(C)ccc(CC)c2C1)C(CC)C(=O)CC(C)=O. The van der Waals surface area contributed by atoms with E-state index in [1.807, 2.05) is 13.8 Å². The van der Waals surface area contributed by atoms with E-state index in [9.17, 15) is 14.4 Å². The van der Waals surface area contributed by atoms with Crippen molar-refractivity contribution in [2.24, 2.45) is 17.8 Å². The zero-order valence-electron chi connectivity index (χ0n) is 23.7. The second-order valence-electron chi connectivity index (χ2n) is 10.0. The molecule has 0 N–H and O–H groups in total. The molecule has 0 saturated carbocycles. The number of ketones is 3. The van der Waals surface area contributed by atoms with Crippen molar-refractivity contribution in [1.82, 2.24) is 0 Å². The third-order valence-corrected chi connectivity index (χ3v) is 6.39. The molecule has 1 aromatic rings. The van der Waals surface area contributed by atoms with Crippen LogP contribution in [0.15, 0.2) is 12.1 Å². The van der Waals surface area contributed by atoms with E-state index < -0.39 is 0 Å². The largest absolute Gasteiger partial charge is 0.300 e. The minimum Gasteiger partial charge on any atom is -0.300 e. The second-order valence-corrected chi connectivity index (χ2v) is 10.0. The molecule has 1 aromatic carbocycles. The van der Waals surface area contributed by atoms with Crippen molar-refractivity contribution < 1.29 is 14.4 Å². The Labute approximate surface area is 210 Å². The Kier molecular flexibility index (Phi) is 16.7. The lowest BCUT2D eigenvalue weighted by atomic mass is 9.71. The number of rotatable bonds is 10. The minimum absolute atomic E-state index is 0.0460. The van der Waals surface area contributed by atoms with Gasteiger partial charge in [-0.25, -0.2) is 0 Å². The summed E-state index contributed by atoms with van der Waals surface area (Å²) in [5.74, 6) is 0.782. The van der Waals surface area contributed by atoms with Crippen molar-refractivity contribution in [1.29, 1.82) is 0 Å². The molecule has 0 radical (unpaired) electrons. The number of benzene rings is 1. The molecule has 0 saturated heterocycles. The van der Waals surface area contributed by atoms with Crippen molar-refractivity contribution in [2.45, 2.75) is 127 Å². The summed E-state index contributed by atoms with van der Waals surface area (Å²) in [5.41, 5.74) is 4.55. The maximum absolute atomic E-state index is 12.9. The first-order valence-corrected chi connectivity index (χ1v) is 13.8. The van der Waals surface area contributed by atoms with Gasteiger partial charge in [0.2, 0.25) is 0 Å². The average Bonchev–Trinajstić information content (AvgIpc) is 2.75. The molecule has 3 heteroatoms. The zero-order chi connectivity index (χ0) is 26.3. The topological polar surface area (TPSA) is 51.2 Å². The van der Waals surface area contributed by atoms with Gasteiger partial charge in [-0.3, -0.25) is 14.4 Å². The maximum atomic E-state index is 12.9. The highest BCUT2D eigenvalue weighted by atomic mass is 16.1. The van der Waals surface area contributed by atoms with E-state index >= 15 is 0 Å². The van der Waals surface area contributed by atoms with E-state index in [2.05, 4.69) is 53.7 Å². The quantitative estimate of drug-likeness (QED) is 0.321. The first-order valence-electron chi connectivity index (χ1n) is 13.8. The van der Waals surface area contributed by atoms with Gasteiger partial charge in [-0.15, -0.1) is 0 Å². The molecule has 34 heavy (non-hydrogen) atoms. The predicted molar refractivity (Wildman–Crippen MR) is 146 cm³/mol. The number of aryl methyl sites for hydroxylation is 2. The van der Waals surface area contributed by atoms with E-state index in [1.165, 1.54) is 30.9 Å². The monoisotopic (exact) mass is 472 g/mol. The highest BCUT2D eigenvalue weighted by molar-refractivity contribution is 6.00. The third kappa shape index (κ3) is 10.2. The van der Waals surface area contributed by atoms with Gasteiger partial charge < -0.3 is 0 Å². The molecule has 3 atom stereocenters. The van der Waals surface area contributed by atoms with Crippen LogP contribution in [0.2, 0.25) is 0 Å². The smallest absolute Gasteiger partial charge is 0.163 e. The van der Waals surface area contributed by atoms with E-state index in [0.29, 0.717) is 12.3 Å². The van der Waals surface area contributed by atoms with Crippen LogP contribution in [0.5, 0.6) is 0 Å². The Hall–Kier alpha value is -1.77. The lowest BCUT2D eigenvalue weighted by Gasteiger charge is -2.32. The summed E-state index contributed by atoms with van der Waals surface area (Å²) in [6.07, 6.45) is 8.67. The van der Waals surface area contributed by atoms with Crippen molar-refractivity contribution in [3.8, 4) is 0 Å². The fourth-order valence-electron chi connectivity index (χ4n) is 5.14. The van der Waals surface area contributed by atoms with Crippen molar-refractivity contribution in [2.75, 3.05) is 0 Å². The molecular weight excluding hydrogens is 420 g/mol. The fraction of sp³-hybridized carbons (Fsp3) is 0.710. The van der Waals surface area contributed by atoms with E-state index in [1.54, 1.807) is 0 Å². The molecule has 3 nitrogen and oxygen atoms in total. The standard InChI is InChI=1S/C25H36O3.2C3H8/c1-6-9-20(21(8-3)23(27)12-17(5)26)13-18-14-22-19(7-2)11-10-16(4)25(22)24(28)15-18;2*1-3-2/h10-11,18,20-21H,6-9,12-15H2,1-5H3;2*3H2,1-2H3. The van der Waals surface area contributed by atoms with Crippen LogP contribution in [0.25, 0.3) is 0 Å². The number of hydrogen-bond donors (Lipinski definition) is 0. The molecule has 0 fully saturated rings. The van der Waals surface area contributed by atoms with Crippen LogP contribution in [0.1, 0.15) is 134 Å². The summed E-state index contributed by atoms with van der Waals surface area (Å²) in [6, 6.07) is 4.24. The summed E-state index contributed by atoms with van der Waals surface area (Å²) < 4.78 is 0. The van der Waals surface area contributed by atoms with Gasteiger partial charge in [-0.1, -0.05) is 86.3 Å². The Morgan fingerprint density at radius 2 is 1.56 bits per heavy atom. The van der Waals surface area contributed by atoms with Crippen LogP contribution in [0, 0.1) is 24.7 Å². The molecule has 1 aliphatic carbocycles. The van der Waals surface area contributed by atoms with Crippen molar-refractivity contribution in [3.05, 3.63) is 34.4 Å². The lowest BCUT2D eigenvalue weighted by molar-refractivity contribution is -0.129. The first kappa shape index (κ1) is 32.2. The first-order chi connectivity index (χ1) is 16.1. The van der Waals surface area contributed by atoms with Crippen molar-refractivity contribution in [3.63, 3.8) is 0 Å². The number of Topliss-reactive ketones (excluding diaryl/α,β-unsaturated/α-hetero) is 3. The zero-order valence-corrected chi connectivity index (χ0v) is 23.7. The molecule has 0 spiro atoms. The fourth-order valence-corrected chi connectivity index (χ4v) is 5.14. The van der Waals surface area contributed by atoms with Gasteiger partial charge in [0.05, 0.1) is 6.42 Å². The Balaban J connectivity index is 0.00000164. The normalized spacial score (nSPS) is 16.3. The Morgan fingerprint density at radius 3 is 2.03 bits per heavy atom. The molecule has 1 aliphatic rings. The highest BCUT2D eigenvalue weighted by Gasteiger charge is 2.33. The number of hydrogen-bond acceptors (Lipinski definition) is 3. The predicted octanol–water partition coefficient (Wildman–Crippen LogP) is 8.52. The molecule has 0 aliphatic heterocycles. The number of fused-ring (bicyclic) bond motifs is 1. The van der Waals surface area contributed by atoms with Gasteiger partial charge in [0.1, 0.15) is 11.6 Å². The highest BCUT2D eigenvalue weighted by Crippen LogP contribution is 2.37. The van der Waals surface area contributed by atoms with Gasteiger partial charge in [-0.05, 0) is 68.1 Å². The molecule has 0 aromatic heterocycles. The molecule has 0 amide bonds. The lowest BCUT2D eigenvalue weighted by Crippen LogP contribution is -2.30. The number of carbonyl (C=O) groups excluding carboxylic acids is 3. The number of carbonyl (C=O) groups is 3. The van der Waals surface area contributed by atoms with Crippen molar-refractivity contribution >= 4 is 17.3 Å². The van der Waals surface area contributed by atoms with Crippen LogP contribution in [0.3, 0.4) is 0 Å². The maximum Gasteiger partial charge on any atom is 0.163 e. The molecular formula is C31H52O3. The Morgan fingerprint density at radius 1 is 0.971 bits per heavy atom. The van der Waals surface area contributed by atoms with Crippen LogP contribution >= 0.6 is 0 Å². The summed E-state index contributed by atoms with van der Waals surface area (Å²) >= 11 is 0. The van der Waals surface area contributed by atoms with E-state index in [-0.39, 0.29) is 35.6 Å². The van der Waals surface area contributed by atoms with Gasteiger partial charge in [-0.2, -0.15) is 0 Å². The van der Waals surface area contributed by atoms with Gasteiger partial charge >= 0.3 is 0 Å². The van der Waals surface area contributed by atoms with Crippen LogP contribution in [-0.4, -0.2) is 17.3 Å². The second kappa shape index (κ2) is 17.6. The van der Waals surface area contributed by atoms with Gasteiger partial charge in [0, 0.05) is 17.9 Å². The molecule has 194 valence electrons. The summed E-state index contributed by atoms with van der Waals surface area (Å²) in [6.45, 7) is 18.4. The summed E-state index contributed by atoms with van der Waals surface area (Å²) in [7, 11) is 0. The Bertz CT molecular complexity index is 760. The van der Waals surface area contributed by atoms with Crippen LogP contribution < -0.4 is 0 Å². The summed E-state index contributed by atoms with van der Waals surface area (Å²) in [5, 5.41) is 0. The minimum atomic E-state index is -0.0662. The van der Waals surface area contributed by atoms with E-state index in [4.69, 9.17) is 0 Å². The molecule has 0 heterocycles. The summed E-state index contributed by atoms with van der Waals surface area (Å²) in [4.78, 5) is 37.1. The molecule has 3 unspecified atom stereocenters. The van der Waals surface area contributed by atoms with E-state index in [0.717, 1.165) is 49.7 Å². The van der Waals surface area contributed by atoms with Gasteiger partial charge in [0.15, 0.2) is 5.78 Å². The average molecular weight is 473 g/mol. The third-order valence-electron chi connectivity index (χ3n) is 6.39.